The minimum atomic E-state index is -8.73. The second-order valence-corrected chi connectivity index (χ2v) is 6.91. The van der Waals surface area contributed by atoms with Gasteiger partial charge in [-0.25, -0.2) is 0 Å². The molecule has 0 aliphatic heterocycles. The summed E-state index contributed by atoms with van der Waals surface area (Å²) in [7, 11) is 0. The van der Waals surface area contributed by atoms with Crippen LogP contribution in [0.15, 0.2) is 0 Å². The standard InChI is InChI=1S/C15H14F17NO2/c16-8(17,7(35)33-5-3-1-2-4-6-34)9(18,19)10(20,21)11(22,23)12(24,25)13(26,27)14(28,29)15(30,31)32/h34H,1-6H2,(H,33,35). The second-order valence-electron chi connectivity index (χ2n) is 6.91. The van der Waals surface area contributed by atoms with Gasteiger partial charge < -0.3 is 10.4 Å². The van der Waals surface area contributed by atoms with Crippen molar-refractivity contribution >= 4 is 5.91 Å². The maximum atomic E-state index is 13.6. The maximum absolute atomic E-state index is 13.6. The van der Waals surface area contributed by atoms with Crippen molar-refractivity contribution in [3.8, 4) is 0 Å². The molecule has 0 fully saturated rings. The van der Waals surface area contributed by atoms with E-state index in [1.54, 1.807) is 0 Å². The number of halogens is 17. The summed E-state index contributed by atoms with van der Waals surface area (Å²) in [6.07, 6.45) is -7.90. The van der Waals surface area contributed by atoms with Gasteiger partial charge in [0, 0.05) is 13.2 Å². The Morgan fingerprint density at radius 2 is 0.857 bits per heavy atom. The van der Waals surface area contributed by atoms with E-state index in [-0.39, 0.29) is 32.3 Å². The van der Waals surface area contributed by atoms with Crippen LogP contribution in [0.25, 0.3) is 0 Å². The van der Waals surface area contributed by atoms with E-state index in [4.69, 9.17) is 5.11 Å². The minimum Gasteiger partial charge on any atom is -0.396 e. The van der Waals surface area contributed by atoms with Crippen LogP contribution in [0.2, 0.25) is 0 Å². The first kappa shape index (κ1) is 33.2. The van der Waals surface area contributed by atoms with Gasteiger partial charge in [-0.3, -0.25) is 4.79 Å². The van der Waals surface area contributed by atoms with Crippen molar-refractivity contribution in [1.29, 1.82) is 0 Å². The lowest BCUT2D eigenvalue weighted by Crippen LogP contribution is -2.75. The molecule has 0 aliphatic carbocycles. The zero-order chi connectivity index (χ0) is 28.5. The first-order chi connectivity index (χ1) is 15.2. The minimum absolute atomic E-state index is 0.00818. The highest BCUT2D eigenvalue weighted by atomic mass is 19.4. The molecule has 35 heavy (non-hydrogen) atoms. The van der Waals surface area contributed by atoms with E-state index < -0.39 is 60.1 Å². The topological polar surface area (TPSA) is 49.3 Å². The monoisotopic (exact) mass is 563 g/mol. The van der Waals surface area contributed by atoms with Gasteiger partial charge >= 0.3 is 47.6 Å². The molecule has 0 aromatic carbocycles. The van der Waals surface area contributed by atoms with E-state index in [2.05, 4.69) is 0 Å². The Morgan fingerprint density at radius 3 is 1.23 bits per heavy atom. The van der Waals surface area contributed by atoms with E-state index >= 15 is 0 Å². The molecule has 0 atom stereocenters. The Hall–Kier alpha value is -1.76. The van der Waals surface area contributed by atoms with E-state index in [0.717, 1.165) is 5.32 Å². The Morgan fingerprint density at radius 1 is 0.514 bits per heavy atom. The fraction of sp³-hybridized carbons (Fsp3) is 0.933. The normalized spacial score (nSPS) is 15.4. The molecule has 0 aromatic heterocycles. The Kier molecular flexibility index (Phi) is 9.45. The SMILES string of the molecule is O=C(NCCCCCCO)C(F)(F)C(F)(F)C(F)(F)C(F)(F)C(F)(F)C(F)(F)C(F)(F)C(F)(F)F. The quantitative estimate of drug-likeness (QED) is 0.225. The lowest BCUT2D eigenvalue weighted by molar-refractivity contribution is -0.459. The Bertz CT molecular complexity index is 731. The molecule has 0 spiro atoms. The predicted molar refractivity (Wildman–Crippen MR) is 79.2 cm³/mol. The number of aliphatic hydroxyl groups is 1. The smallest absolute Gasteiger partial charge is 0.396 e. The van der Waals surface area contributed by atoms with Crippen molar-refractivity contribution in [2.24, 2.45) is 0 Å². The Labute approximate surface area is 183 Å². The molecule has 0 radical (unpaired) electrons. The van der Waals surface area contributed by atoms with Gasteiger partial charge in [0.05, 0.1) is 0 Å². The number of carbonyl (C=O) groups is 1. The number of rotatable bonds is 13. The predicted octanol–water partition coefficient (Wildman–Crippen LogP) is 5.66. The molecular weight excluding hydrogens is 549 g/mol. The summed E-state index contributed by atoms with van der Waals surface area (Å²) >= 11 is 0. The zero-order valence-corrected chi connectivity index (χ0v) is 16.5. The summed E-state index contributed by atoms with van der Waals surface area (Å²) in [6.45, 7) is -1.39. The number of hydrogen-bond donors (Lipinski definition) is 2. The molecule has 0 saturated carbocycles. The van der Waals surface area contributed by atoms with Crippen molar-refractivity contribution < 1.29 is 84.5 Å². The van der Waals surface area contributed by atoms with Crippen LogP contribution in [0.3, 0.4) is 0 Å². The largest absolute Gasteiger partial charge is 0.460 e. The van der Waals surface area contributed by atoms with Gasteiger partial charge in [0.1, 0.15) is 0 Å². The van der Waals surface area contributed by atoms with Crippen molar-refractivity contribution in [2.75, 3.05) is 13.2 Å². The maximum Gasteiger partial charge on any atom is 0.460 e. The van der Waals surface area contributed by atoms with E-state index in [9.17, 15) is 79.4 Å². The highest BCUT2D eigenvalue weighted by Gasteiger charge is 2.95. The fourth-order valence-electron chi connectivity index (χ4n) is 2.21. The molecule has 0 bridgehead atoms. The van der Waals surface area contributed by atoms with Gasteiger partial charge in [-0.15, -0.1) is 0 Å². The molecule has 0 heterocycles. The number of alkyl halides is 17. The summed E-state index contributed by atoms with van der Waals surface area (Å²) in [5.41, 5.74) is 0. The molecule has 0 rings (SSSR count). The number of aliphatic hydroxyl groups excluding tert-OH is 1. The van der Waals surface area contributed by atoms with Crippen molar-refractivity contribution in [2.45, 2.75) is 73.3 Å². The van der Waals surface area contributed by atoms with Crippen molar-refractivity contribution in [3.05, 3.63) is 0 Å². The van der Waals surface area contributed by atoms with Crippen LogP contribution >= 0.6 is 0 Å². The summed E-state index contributed by atoms with van der Waals surface area (Å²) in [5, 5.41) is 9.29. The molecule has 0 unspecified atom stereocenters. The van der Waals surface area contributed by atoms with Crippen LogP contribution in [-0.4, -0.2) is 71.8 Å². The molecule has 0 aromatic rings. The number of carbonyl (C=O) groups excluding carboxylic acids is 1. The average Bonchev–Trinajstić information content (AvgIpc) is 2.68. The van der Waals surface area contributed by atoms with Crippen LogP contribution in [0.5, 0.6) is 0 Å². The number of hydrogen-bond acceptors (Lipinski definition) is 2. The summed E-state index contributed by atoms with van der Waals surface area (Å²) in [4.78, 5) is 11.1. The highest BCUT2D eigenvalue weighted by molar-refractivity contribution is 5.84. The number of nitrogens with one attached hydrogen (secondary N) is 1. The number of unbranched alkanes of at least 4 members (excludes halogenated alkanes) is 3. The van der Waals surface area contributed by atoms with E-state index in [0.29, 0.717) is 0 Å². The lowest BCUT2D eigenvalue weighted by Gasteiger charge is -2.42. The average molecular weight is 563 g/mol. The van der Waals surface area contributed by atoms with Gasteiger partial charge in [0.25, 0.3) is 5.91 Å². The third-order valence-corrected chi connectivity index (χ3v) is 4.38. The molecule has 210 valence electrons. The van der Waals surface area contributed by atoms with Gasteiger partial charge in [-0.2, -0.15) is 74.6 Å². The van der Waals surface area contributed by atoms with Gasteiger partial charge in [-0.05, 0) is 12.8 Å². The molecule has 0 aliphatic rings. The fourth-order valence-corrected chi connectivity index (χ4v) is 2.21. The van der Waals surface area contributed by atoms with Gasteiger partial charge in [-0.1, -0.05) is 12.8 Å². The van der Waals surface area contributed by atoms with E-state index in [1.165, 1.54) is 0 Å². The molecular formula is C15H14F17NO2. The summed E-state index contributed by atoms with van der Waals surface area (Å²) in [5.74, 6) is -61.4. The van der Waals surface area contributed by atoms with Crippen LogP contribution in [0, 0.1) is 0 Å². The number of amides is 1. The first-order valence-corrected chi connectivity index (χ1v) is 8.84. The van der Waals surface area contributed by atoms with Gasteiger partial charge in [0.2, 0.25) is 0 Å². The highest BCUT2D eigenvalue weighted by Crippen LogP contribution is 2.63. The van der Waals surface area contributed by atoms with E-state index in [1.807, 2.05) is 0 Å². The zero-order valence-electron chi connectivity index (χ0n) is 16.5. The summed E-state index contributed by atoms with van der Waals surface area (Å²) in [6, 6.07) is 0. The third kappa shape index (κ3) is 5.21. The van der Waals surface area contributed by atoms with Crippen molar-refractivity contribution in [3.63, 3.8) is 0 Å². The van der Waals surface area contributed by atoms with Crippen molar-refractivity contribution in [1.82, 2.24) is 5.32 Å². The molecule has 2 N–H and O–H groups in total. The van der Waals surface area contributed by atoms with Crippen LogP contribution in [0.1, 0.15) is 25.7 Å². The first-order valence-electron chi connectivity index (χ1n) is 8.84. The van der Waals surface area contributed by atoms with Crippen LogP contribution < -0.4 is 5.32 Å². The lowest BCUT2D eigenvalue weighted by atomic mass is 9.89. The third-order valence-electron chi connectivity index (χ3n) is 4.38. The Balaban J connectivity index is 6.19. The van der Waals surface area contributed by atoms with Crippen LogP contribution in [-0.2, 0) is 4.79 Å². The van der Waals surface area contributed by atoms with Gasteiger partial charge in [0.15, 0.2) is 0 Å². The molecule has 0 saturated heterocycles. The summed E-state index contributed by atoms with van der Waals surface area (Å²) < 4.78 is 222. The second kappa shape index (κ2) is 9.95. The van der Waals surface area contributed by atoms with Crippen LogP contribution in [0.4, 0.5) is 74.6 Å². The molecule has 20 heteroatoms. The molecule has 1 amide bonds. The molecule has 3 nitrogen and oxygen atoms in total.